The SMILES string of the molecule is C=CCc1cc(N)ccc1Oc1ccc2nccnc2n1. The van der Waals surface area contributed by atoms with Crippen LogP contribution in [0.1, 0.15) is 5.56 Å². The average Bonchev–Trinajstić information content (AvgIpc) is 2.50. The predicted molar refractivity (Wildman–Crippen MR) is 82.2 cm³/mol. The number of rotatable bonds is 4. The highest BCUT2D eigenvalue weighted by atomic mass is 16.5. The van der Waals surface area contributed by atoms with Gasteiger partial charge in [-0.15, -0.1) is 6.58 Å². The maximum Gasteiger partial charge on any atom is 0.221 e. The Bertz CT molecular complexity index is 801. The molecular formula is C16H14N4O. The molecule has 0 fully saturated rings. The zero-order valence-corrected chi connectivity index (χ0v) is 11.4. The van der Waals surface area contributed by atoms with Crippen molar-refractivity contribution in [2.45, 2.75) is 6.42 Å². The van der Waals surface area contributed by atoms with Crippen LogP contribution in [0, 0.1) is 0 Å². The molecule has 5 heteroatoms. The molecule has 5 nitrogen and oxygen atoms in total. The second kappa shape index (κ2) is 5.58. The van der Waals surface area contributed by atoms with Crippen molar-refractivity contribution in [1.29, 1.82) is 0 Å². The molecule has 0 aliphatic carbocycles. The van der Waals surface area contributed by atoms with Gasteiger partial charge in [-0.3, -0.25) is 4.98 Å². The van der Waals surface area contributed by atoms with Crippen LogP contribution in [0.15, 0.2) is 55.4 Å². The normalized spacial score (nSPS) is 10.5. The summed E-state index contributed by atoms with van der Waals surface area (Å²) in [7, 11) is 0. The minimum Gasteiger partial charge on any atom is -0.439 e. The number of anilines is 1. The van der Waals surface area contributed by atoms with E-state index in [-0.39, 0.29) is 0 Å². The molecule has 3 aromatic rings. The third kappa shape index (κ3) is 2.81. The van der Waals surface area contributed by atoms with Crippen LogP contribution in [0.25, 0.3) is 11.2 Å². The molecule has 2 aromatic heterocycles. The molecule has 3 rings (SSSR count). The molecule has 0 unspecified atom stereocenters. The van der Waals surface area contributed by atoms with Crippen LogP contribution < -0.4 is 10.5 Å². The van der Waals surface area contributed by atoms with Gasteiger partial charge < -0.3 is 10.5 Å². The Morgan fingerprint density at radius 2 is 2.00 bits per heavy atom. The van der Waals surface area contributed by atoms with Crippen molar-refractivity contribution in [2.24, 2.45) is 0 Å². The van der Waals surface area contributed by atoms with Gasteiger partial charge in [0, 0.05) is 29.7 Å². The molecule has 0 saturated carbocycles. The number of nitrogens with two attached hydrogens (primary N) is 1. The van der Waals surface area contributed by atoms with Crippen LogP contribution in [0.4, 0.5) is 5.69 Å². The van der Waals surface area contributed by atoms with Crippen LogP contribution in [0.5, 0.6) is 11.6 Å². The van der Waals surface area contributed by atoms with Crippen LogP contribution in [-0.4, -0.2) is 15.0 Å². The summed E-state index contributed by atoms with van der Waals surface area (Å²) < 4.78 is 5.84. The number of nitrogen functional groups attached to an aromatic ring is 1. The van der Waals surface area contributed by atoms with Crippen molar-refractivity contribution in [3.8, 4) is 11.6 Å². The van der Waals surface area contributed by atoms with Gasteiger partial charge in [0.2, 0.25) is 5.88 Å². The van der Waals surface area contributed by atoms with Crippen molar-refractivity contribution >= 4 is 16.9 Å². The lowest BCUT2D eigenvalue weighted by Crippen LogP contribution is -1.96. The lowest BCUT2D eigenvalue weighted by molar-refractivity contribution is 0.460. The Labute approximate surface area is 122 Å². The van der Waals surface area contributed by atoms with Gasteiger partial charge in [0.25, 0.3) is 0 Å². The third-order valence-electron chi connectivity index (χ3n) is 2.97. The Kier molecular flexibility index (Phi) is 3.47. The molecule has 21 heavy (non-hydrogen) atoms. The molecule has 0 spiro atoms. The van der Waals surface area contributed by atoms with Crippen LogP contribution in [0.3, 0.4) is 0 Å². The molecule has 1 aromatic carbocycles. The summed E-state index contributed by atoms with van der Waals surface area (Å²) in [5, 5.41) is 0. The Morgan fingerprint density at radius 3 is 2.86 bits per heavy atom. The van der Waals surface area contributed by atoms with Crippen LogP contribution in [0.2, 0.25) is 0 Å². The third-order valence-corrected chi connectivity index (χ3v) is 2.97. The van der Waals surface area contributed by atoms with Crippen molar-refractivity contribution in [1.82, 2.24) is 15.0 Å². The van der Waals surface area contributed by atoms with E-state index in [1.807, 2.05) is 18.2 Å². The number of pyridine rings is 1. The first-order valence-electron chi connectivity index (χ1n) is 6.51. The fraction of sp³-hybridized carbons (Fsp3) is 0.0625. The molecule has 2 N–H and O–H groups in total. The Balaban J connectivity index is 1.96. The van der Waals surface area contributed by atoms with E-state index < -0.39 is 0 Å². The molecule has 0 saturated heterocycles. The van der Waals surface area contributed by atoms with E-state index in [2.05, 4.69) is 21.5 Å². The summed E-state index contributed by atoms with van der Waals surface area (Å²) in [4.78, 5) is 12.7. The first-order valence-corrected chi connectivity index (χ1v) is 6.51. The Morgan fingerprint density at radius 1 is 1.14 bits per heavy atom. The minimum absolute atomic E-state index is 0.470. The molecule has 0 aliphatic heterocycles. The predicted octanol–water partition coefficient (Wildman–Crippen LogP) is 3.13. The fourth-order valence-corrected chi connectivity index (χ4v) is 2.02. The maximum atomic E-state index is 5.84. The molecule has 2 heterocycles. The second-order valence-electron chi connectivity index (χ2n) is 4.51. The van der Waals surface area contributed by atoms with E-state index in [9.17, 15) is 0 Å². The number of aromatic nitrogens is 3. The molecule has 0 bridgehead atoms. The number of hydrogen-bond donors (Lipinski definition) is 1. The lowest BCUT2D eigenvalue weighted by atomic mass is 10.1. The Hall–Kier alpha value is -2.95. The van der Waals surface area contributed by atoms with Crippen molar-refractivity contribution in [3.05, 3.63) is 60.9 Å². The van der Waals surface area contributed by atoms with Gasteiger partial charge in [-0.1, -0.05) is 6.08 Å². The fourth-order valence-electron chi connectivity index (χ4n) is 2.02. The van der Waals surface area contributed by atoms with Gasteiger partial charge in [0.05, 0.1) is 0 Å². The van der Waals surface area contributed by atoms with Crippen LogP contribution >= 0.6 is 0 Å². The largest absolute Gasteiger partial charge is 0.439 e. The zero-order valence-electron chi connectivity index (χ0n) is 11.4. The summed E-state index contributed by atoms with van der Waals surface area (Å²) >= 11 is 0. The van der Waals surface area contributed by atoms with Gasteiger partial charge in [0.1, 0.15) is 11.3 Å². The molecule has 0 amide bonds. The highest BCUT2D eigenvalue weighted by molar-refractivity contribution is 5.69. The van der Waals surface area contributed by atoms with Crippen molar-refractivity contribution in [2.75, 3.05) is 5.73 Å². The number of fused-ring (bicyclic) bond motifs is 1. The number of hydrogen-bond acceptors (Lipinski definition) is 5. The van der Waals surface area contributed by atoms with Gasteiger partial charge >= 0.3 is 0 Å². The number of allylic oxidation sites excluding steroid dienone is 1. The second-order valence-corrected chi connectivity index (χ2v) is 4.51. The standard InChI is InChI=1S/C16H14N4O/c1-2-3-11-10-12(17)4-6-14(11)21-15-7-5-13-16(20-15)19-9-8-18-13/h2,4-10H,1,3,17H2. The molecular weight excluding hydrogens is 264 g/mol. The van der Waals surface area contributed by atoms with E-state index in [0.29, 0.717) is 29.4 Å². The molecule has 0 atom stereocenters. The summed E-state index contributed by atoms with van der Waals surface area (Å²) in [6.45, 7) is 3.74. The average molecular weight is 278 g/mol. The van der Waals surface area contributed by atoms with Crippen molar-refractivity contribution in [3.63, 3.8) is 0 Å². The summed E-state index contributed by atoms with van der Waals surface area (Å²) in [6.07, 6.45) is 5.72. The van der Waals surface area contributed by atoms with Gasteiger partial charge in [-0.25, -0.2) is 4.98 Å². The summed E-state index contributed by atoms with van der Waals surface area (Å²) in [5.74, 6) is 1.18. The van der Waals surface area contributed by atoms with Crippen LogP contribution in [-0.2, 0) is 6.42 Å². The molecule has 0 radical (unpaired) electrons. The van der Waals surface area contributed by atoms with E-state index in [4.69, 9.17) is 10.5 Å². The minimum atomic E-state index is 0.470. The highest BCUT2D eigenvalue weighted by Crippen LogP contribution is 2.27. The van der Waals surface area contributed by atoms with Gasteiger partial charge in [-0.05, 0) is 30.7 Å². The van der Waals surface area contributed by atoms with E-state index in [1.54, 1.807) is 30.6 Å². The quantitative estimate of drug-likeness (QED) is 0.586. The van der Waals surface area contributed by atoms with Crippen molar-refractivity contribution < 1.29 is 4.74 Å². The zero-order chi connectivity index (χ0) is 14.7. The smallest absolute Gasteiger partial charge is 0.221 e. The monoisotopic (exact) mass is 278 g/mol. The number of nitrogens with zero attached hydrogens (tertiary/aromatic N) is 3. The van der Waals surface area contributed by atoms with E-state index in [0.717, 1.165) is 11.1 Å². The number of benzene rings is 1. The first kappa shape index (κ1) is 13.1. The van der Waals surface area contributed by atoms with E-state index in [1.165, 1.54) is 0 Å². The summed E-state index contributed by atoms with van der Waals surface area (Å²) in [6, 6.07) is 9.09. The topological polar surface area (TPSA) is 73.9 Å². The number of ether oxygens (including phenoxy) is 1. The summed E-state index contributed by atoms with van der Waals surface area (Å²) in [5.41, 5.74) is 8.74. The van der Waals surface area contributed by atoms with E-state index >= 15 is 0 Å². The first-order chi connectivity index (χ1) is 10.3. The highest BCUT2D eigenvalue weighted by Gasteiger charge is 2.07. The molecule has 104 valence electrons. The molecule has 0 aliphatic rings. The lowest BCUT2D eigenvalue weighted by Gasteiger charge is -2.10. The maximum absolute atomic E-state index is 5.84. The van der Waals surface area contributed by atoms with Gasteiger partial charge in [0.15, 0.2) is 5.65 Å². The van der Waals surface area contributed by atoms with Gasteiger partial charge in [-0.2, -0.15) is 4.98 Å².